The predicted molar refractivity (Wildman–Crippen MR) is 138 cm³/mol. The lowest BCUT2D eigenvalue weighted by Crippen LogP contribution is -2.36. The Morgan fingerprint density at radius 2 is 1.89 bits per heavy atom. The van der Waals surface area contributed by atoms with Gasteiger partial charge in [0.1, 0.15) is 28.8 Å². The number of aliphatic hydroxyl groups excluding tert-OH is 1. The fourth-order valence-electron chi connectivity index (χ4n) is 4.25. The van der Waals surface area contributed by atoms with E-state index in [0.29, 0.717) is 12.1 Å². The Morgan fingerprint density at radius 3 is 2.57 bits per heavy atom. The number of urea groups is 1. The van der Waals surface area contributed by atoms with E-state index in [2.05, 4.69) is 19.9 Å². The van der Waals surface area contributed by atoms with E-state index in [9.17, 15) is 23.5 Å². The molecule has 1 unspecified atom stereocenters. The van der Waals surface area contributed by atoms with Crippen LogP contribution in [-0.2, 0) is 6.61 Å². The number of benzene rings is 1. The third kappa shape index (κ3) is 8.90. The summed E-state index contributed by atoms with van der Waals surface area (Å²) in [6.07, 6.45) is 6.52. The molecule has 1 saturated heterocycles. The zero-order valence-electron chi connectivity index (χ0n) is 21.0. The van der Waals surface area contributed by atoms with Crippen LogP contribution in [0, 0.1) is 18.6 Å². The number of carbonyl (C=O) groups excluding carboxylic acids is 2. The van der Waals surface area contributed by atoms with Gasteiger partial charge in [-0.05, 0) is 74.9 Å². The number of rotatable bonds is 13. The molecule has 2 heterocycles. The third-order valence-electron chi connectivity index (χ3n) is 6.19. The van der Waals surface area contributed by atoms with Crippen LogP contribution in [0.1, 0.15) is 66.4 Å². The van der Waals surface area contributed by atoms with Crippen molar-refractivity contribution >= 4 is 28.5 Å². The molecule has 0 aliphatic carbocycles. The van der Waals surface area contributed by atoms with Crippen molar-refractivity contribution in [3.05, 3.63) is 40.5 Å². The first-order valence-electron chi connectivity index (χ1n) is 12.6. The van der Waals surface area contributed by atoms with Gasteiger partial charge in [-0.3, -0.25) is 10.1 Å². The maximum absolute atomic E-state index is 14.1. The van der Waals surface area contributed by atoms with Crippen molar-refractivity contribution in [1.82, 2.24) is 14.6 Å². The summed E-state index contributed by atoms with van der Waals surface area (Å²) >= 11 is 0.776. The van der Waals surface area contributed by atoms with E-state index in [4.69, 9.17) is 10.5 Å². The molecular weight excluding hydrogens is 504 g/mol. The zero-order chi connectivity index (χ0) is 26.8. The van der Waals surface area contributed by atoms with E-state index in [0.717, 1.165) is 56.9 Å². The molecule has 0 saturated carbocycles. The summed E-state index contributed by atoms with van der Waals surface area (Å²) in [6.45, 7) is 4.31. The number of piperidine rings is 1. The second-order valence-electron chi connectivity index (χ2n) is 9.30. The van der Waals surface area contributed by atoms with Gasteiger partial charge in [0.05, 0.1) is 11.7 Å². The number of likely N-dealkylation sites (tertiary alicyclic amines) is 1. The first-order valence-corrected chi connectivity index (χ1v) is 13.3. The summed E-state index contributed by atoms with van der Waals surface area (Å²) in [5.41, 5.74) is 5.38. The number of nitrogens with zero attached hydrogens (tertiary/aromatic N) is 2. The van der Waals surface area contributed by atoms with Crippen molar-refractivity contribution in [2.24, 2.45) is 5.73 Å². The smallest absolute Gasteiger partial charge is 0.319 e. The highest BCUT2D eigenvalue weighted by molar-refractivity contribution is 7.11. The van der Waals surface area contributed by atoms with E-state index in [1.54, 1.807) is 6.92 Å². The normalized spacial score (nSPS) is 14.8. The van der Waals surface area contributed by atoms with Crippen LogP contribution >= 0.6 is 11.5 Å². The highest BCUT2D eigenvalue weighted by Gasteiger charge is 2.23. The van der Waals surface area contributed by atoms with Crippen LogP contribution in [-0.4, -0.2) is 58.6 Å². The van der Waals surface area contributed by atoms with Gasteiger partial charge in [0.25, 0.3) is 5.91 Å². The largest absolute Gasteiger partial charge is 0.471 e. The maximum atomic E-state index is 14.1. The summed E-state index contributed by atoms with van der Waals surface area (Å²) < 4.78 is 37.5. The summed E-state index contributed by atoms with van der Waals surface area (Å²) in [5, 5.41) is 15.5. The molecule has 0 bridgehead atoms. The fourth-order valence-corrected chi connectivity index (χ4v) is 4.98. The van der Waals surface area contributed by atoms with Crippen molar-refractivity contribution in [2.75, 3.05) is 31.5 Å². The number of hydrogen-bond acceptors (Lipinski definition) is 7. The first-order chi connectivity index (χ1) is 17.7. The number of β-amino-alcohol motifs (C(OH)–C–C–N with tert-alkyl or cyclic N) is 1. The molecule has 1 atom stereocenters. The number of nitrogens with two attached hydrogens (primary N) is 1. The molecular formula is C25H35F2N5O4S. The van der Waals surface area contributed by atoms with Gasteiger partial charge in [-0.1, -0.05) is 19.3 Å². The Balaban J connectivity index is 1.40. The van der Waals surface area contributed by atoms with Gasteiger partial charge in [-0.25, -0.2) is 13.6 Å². The monoisotopic (exact) mass is 539 g/mol. The number of halogens is 2. The Bertz CT molecular complexity index is 1040. The second-order valence-corrected chi connectivity index (χ2v) is 10.1. The van der Waals surface area contributed by atoms with Gasteiger partial charge in [0.2, 0.25) is 5.88 Å². The number of ether oxygens (including phenoxy) is 1. The minimum Gasteiger partial charge on any atom is -0.471 e. The number of anilines is 1. The quantitative estimate of drug-likeness (QED) is 0.285. The molecule has 0 radical (unpaired) electrons. The van der Waals surface area contributed by atoms with Gasteiger partial charge < -0.3 is 25.8 Å². The van der Waals surface area contributed by atoms with E-state index in [-0.39, 0.29) is 28.1 Å². The molecule has 1 fully saturated rings. The molecule has 204 valence electrons. The number of amides is 3. The average molecular weight is 540 g/mol. The topological polar surface area (TPSA) is 130 Å². The molecule has 37 heavy (non-hydrogen) atoms. The fraction of sp³-hybridized carbons (Fsp3) is 0.560. The number of hydrogen-bond donors (Lipinski definition) is 4. The van der Waals surface area contributed by atoms with Crippen LogP contribution in [0.15, 0.2) is 12.1 Å². The van der Waals surface area contributed by atoms with Crippen LogP contribution in [0.4, 0.5) is 18.6 Å². The molecule has 1 aromatic carbocycles. The molecule has 1 aromatic heterocycles. The van der Waals surface area contributed by atoms with Gasteiger partial charge in [-0.2, -0.15) is 4.37 Å². The van der Waals surface area contributed by atoms with Crippen LogP contribution in [0.5, 0.6) is 5.88 Å². The van der Waals surface area contributed by atoms with Crippen molar-refractivity contribution in [1.29, 1.82) is 0 Å². The van der Waals surface area contributed by atoms with Crippen LogP contribution in [0.2, 0.25) is 0 Å². The number of primary amides is 1. The Labute approximate surface area is 219 Å². The third-order valence-corrected chi connectivity index (χ3v) is 6.94. The molecule has 3 amide bonds. The maximum Gasteiger partial charge on any atom is 0.319 e. The molecule has 5 N–H and O–H groups in total. The van der Waals surface area contributed by atoms with Gasteiger partial charge in [0, 0.05) is 13.1 Å². The minimum atomic E-state index is -0.896. The standard InChI is InChI=1S/C25H35F2N5O4S/c1-16-12-19(26)18(20(27)13-16)15-36-23-21(22(28)34)24(37-31-23)30-25(35)29-9-5-2-4-8-17(33)14-32-10-6-3-7-11-32/h12-13,17,33H,2-11,14-15H2,1H3,(H2,28,34)(H2,29,30,35). The van der Waals surface area contributed by atoms with Gasteiger partial charge >= 0.3 is 6.03 Å². The van der Waals surface area contributed by atoms with E-state index in [1.807, 2.05) is 0 Å². The lowest BCUT2D eigenvalue weighted by molar-refractivity contribution is 0.0927. The highest BCUT2D eigenvalue weighted by atomic mass is 32.1. The van der Waals surface area contributed by atoms with Crippen LogP contribution in [0.3, 0.4) is 0 Å². The lowest BCUT2D eigenvalue weighted by atomic mass is 10.1. The SMILES string of the molecule is Cc1cc(F)c(COc2nsc(NC(=O)NCCCCCC(O)CN3CCCCC3)c2C(N)=O)c(F)c1. The van der Waals surface area contributed by atoms with E-state index < -0.39 is 30.2 Å². The van der Waals surface area contributed by atoms with Crippen LogP contribution < -0.4 is 21.1 Å². The summed E-state index contributed by atoms with van der Waals surface area (Å²) in [6, 6.07) is 1.80. The van der Waals surface area contributed by atoms with Crippen molar-refractivity contribution in [2.45, 2.75) is 64.6 Å². The Morgan fingerprint density at radius 1 is 1.19 bits per heavy atom. The van der Waals surface area contributed by atoms with Gasteiger partial charge in [0.15, 0.2) is 0 Å². The number of aliphatic hydroxyl groups is 1. The predicted octanol–water partition coefficient (Wildman–Crippen LogP) is 3.94. The van der Waals surface area contributed by atoms with Crippen molar-refractivity contribution in [3.63, 3.8) is 0 Å². The zero-order valence-corrected chi connectivity index (χ0v) is 21.8. The van der Waals surface area contributed by atoms with E-state index >= 15 is 0 Å². The van der Waals surface area contributed by atoms with Crippen molar-refractivity contribution in [3.8, 4) is 5.88 Å². The molecule has 12 heteroatoms. The number of unbranched alkanes of at least 4 members (excludes halogenated alkanes) is 2. The lowest BCUT2D eigenvalue weighted by Gasteiger charge is -2.28. The summed E-state index contributed by atoms with van der Waals surface area (Å²) in [5.74, 6) is -2.66. The van der Waals surface area contributed by atoms with Crippen LogP contribution in [0.25, 0.3) is 0 Å². The summed E-state index contributed by atoms with van der Waals surface area (Å²) in [7, 11) is 0. The molecule has 3 rings (SSSR count). The second kappa shape index (κ2) is 14.2. The number of nitrogens with one attached hydrogen (secondary N) is 2. The number of aromatic nitrogens is 1. The number of carbonyl (C=O) groups is 2. The minimum absolute atomic E-state index is 0.0747. The molecule has 0 spiro atoms. The molecule has 1 aliphatic heterocycles. The van der Waals surface area contributed by atoms with Gasteiger partial charge in [-0.15, -0.1) is 0 Å². The Hall–Kier alpha value is -2.83. The van der Waals surface area contributed by atoms with Crippen molar-refractivity contribution < 1.29 is 28.2 Å². The molecule has 1 aliphatic rings. The molecule has 9 nitrogen and oxygen atoms in total. The van der Waals surface area contributed by atoms with E-state index in [1.165, 1.54) is 31.4 Å². The average Bonchev–Trinajstić information content (AvgIpc) is 3.23. The summed E-state index contributed by atoms with van der Waals surface area (Å²) in [4.78, 5) is 26.5. The molecule has 2 aromatic rings. The highest BCUT2D eigenvalue weighted by Crippen LogP contribution is 2.31. The first kappa shape index (κ1) is 28.7. The number of aryl methyl sites for hydroxylation is 1. The Kier molecular flexibility index (Phi) is 11.0.